The van der Waals surface area contributed by atoms with E-state index in [-0.39, 0.29) is 0 Å². The molecule has 2 heterocycles. The summed E-state index contributed by atoms with van der Waals surface area (Å²) in [6, 6.07) is 66.8. The molecule has 0 radical (unpaired) electrons. The van der Waals surface area contributed by atoms with Gasteiger partial charge in [-0.1, -0.05) is 153 Å². The minimum absolute atomic E-state index is 0.859. The fraction of sp³-hybridized carbons (Fsp3) is 0.0444. The quantitative estimate of drug-likeness (QED) is 0.128. The molecule has 8 aromatic rings. The first-order valence-corrected chi connectivity index (χ1v) is 19.0. The molecule has 3 nitrogen and oxygen atoms in total. The maximum absolute atomic E-state index is 5.06. The van der Waals surface area contributed by atoms with E-state index in [0.717, 1.165) is 46.0 Å². The number of nitrogens with zero attached hydrogens (tertiary/aromatic N) is 3. The monoisotopic (exact) mass is 645 g/mol. The van der Waals surface area contributed by atoms with E-state index in [4.69, 9.17) is 4.98 Å². The van der Waals surface area contributed by atoms with Crippen LogP contribution in [-0.4, -0.2) is 17.6 Å². The standard InChI is InChI=1S/C45H35N3Si/c1-2-44-46-40-24-15-25-42-45(40)48(44)41-31-28-34(32-43(41)47(42)35-16-7-3-8-17-35)33-26-29-39(30-27-33)49(36-18-9-4-10-19-36,37-20-11-5-12-21-37)38-22-13-6-14-23-38/h3-32H,2H2,1H3. The molecule has 7 aromatic carbocycles. The van der Waals surface area contributed by atoms with Crippen molar-refractivity contribution in [1.82, 2.24) is 9.55 Å². The summed E-state index contributed by atoms with van der Waals surface area (Å²) in [6.07, 6.45) is 0.859. The number of fused-ring (bicyclic) bond motifs is 2. The summed E-state index contributed by atoms with van der Waals surface area (Å²) in [6.45, 7) is 2.19. The number of hydrogen-bond donors (Lipinski definition) is 0. The summed E-state index contributed by atoms with van der Waals surface area (Å²) >= 11 is 0. The summed E-state index contributed by atoms with van der Waals surface area (Å²) < 4.78 is 2.37. The Hall–Kier alpha value is -5.97. The molecular weight excluding hydrogens is 611 g/mol. The van der Waals surface area contributed by atoms with Crippen molar-refractivity contribution in [2.75, 3.05) is 4.90 Å². The number of para-hydroxylation sites is 2. The summed E-state index contributed by atoms with van der Waals surface area (Å²) in [5.74, 6) is 1.08. The first-order chi connectivity index (χ1) is 24.3. The second kappa shape index (κ2) is 11.9. The molecule has 234 valence electrons. The van der Waals surface area contributed by atoms with Gasteiger partial charge in [-0.15, -0.1) is 0 Å². The molecule has 0 aliphatic carbocycles. The molecule has 0 spiro atoms. The van der Waals surface area contributed by atoms with Gasteiger partial charge in [-0.25, -0.2) is 4.98 Å². The third-order valence-electron chi connectivity index (χ3n) is 10.0. The van der Waals surface area contributed by atoms with Gasteiger partial charge in [0, 0.05) is 12.1 Å². The fourth-order valence-corrected chi connectivity index (χ4v) is 12.6. The Labute approximate surface area is 288 Å². The Morgan fingerprint density at radius 1 is 0.469 bits per heavy atom. The Morgan fingerprint density at radius 3 is 1.57 bits per heavy atom. The minimum Gasteiger partial charge on any atom is -0.306 e. The first kappa shape index (κ1) is 29.2. The highest BCUT2D eigenvalue weighted by atomic mass is 28.3. The van der Waals surface area contributed by atoms with Crippen molar-refractivity contribution in [2.45, 2.75) is 13.3 Å². The van der Waals surface area contributed by atoms with E-state index < -0.39 is 8.07 Å². The van der Waals surface area contributed by atoms with Crippen LogP contribution in [0.2, 0.25) is 0 Å². The average Bonchev–Trinajstić information content (AvgIpc) is 3.57. The van der Waals surface area contributed by atoms with E-state index in [9.17, 15) is 0 Å². The summed E-state index contributed by atoms with van der Waals surface area (Å²) in [5.41, 5.74) is 9.18. The van der Waals surface area contributed by atoms with Crippen molar-refractivity contribution in [2.24, 2.45) is 0 Å². The summed E-state index contributed by atoms with van der Waals surface area (Å²) in [4.78, 5) is 7.46. The zero-order valence-corrected chi connectivity index (χ0v) is 28.4. The van der Waals surface area contributed by atoms with Gasteiger partial charge in [0.05, 0.1) is 28.1 Å². The van der Waals surface area contributed by atoms with Gasteiger partial charge in [0.1, 0.15) is 5.82 Å². The lowest BCUT2D eigenvalue weighted by molar-refractivity contribution is 0.900. The predicted molar refractivity (Wildman–Crippen MR) is 208 cm³/mol. The molecule has 49 heavy (non-hydrogen) atoms. The van der Waals surface area contributed by atoms with Gasteiger partial charge >= 0.3 is 0 Å². The van der Waals surface area contributed by atoms with Gasteiger partial charge in [-0.05, 0) is 68.3 Å². The van der Waals surface area contributed by atoms with Crippen LogP contribution in [0.5, 0.6) is 0 Å². The molecule has 0 N–H and O–H groups in total. The minimum atomic E-state index is -2.59. The third kappa shape index (κ3) is 4.60. The second-order valence-electron chi connectivity index (χ2n) is 12.7. The van der Waals surface area contributed by atoms with E-state index in [1.165, 1.54) is 31.9 Å². The molecule has 0 saturated carbocycles. The van der Waals surface area contributed by atoms with Gasteiger partial charge in [0.2, 0.25) is 0 Å². The molecule has 0 fully saturated rings. The molecule has 0 amide bonds. The van der Waals surface area contributed by atoms with Gasteiger partial charge in [0.25, 0.3) is 0 Å². The summed E-state index contributed by atoms with van der Waals surface area (Å²) in [5, 5.41) is 5.50. The molecule has 1 aliphatic rings. The molecule has 0 unspecified atom stereocenters. The van der Waals surface area contributed by atoms with Crippen LogP contribution in [0, 0.1) is 0 Å². The van der Waals surface area contributed by atoms with Crippen molar-refractivity contribution in [3.8, 4) is 16.8 Å². The number of aryl methyl sites for hydroxylation is 1. The predicted octanol–water partition coefficient (Wildman–Crippen LogP) is 8.42. The van der Waals surface area contributed by atoms with E-state index in [1.807, 2.05) is 0 Å². The zero-order valence-electron chi connectivity index (χ0n) is 27.4. The van der Waals surface area contributed by atoms with E-state index >= 15 is 0 Å². The number of imidazole rings is 1. The molecule has 4 heteroatoms. The second-order valence-corrected chi connectivity index (χ2v) is 16.5. The van der Waals surface area contributed by atoms with Crippen LogP contribution in [0.15, 0.2) is 182 Å². The van der Waals surface area contributed by atoms with Gasteiger partial charge in [0.15, 0.2) is 8.07 Å². The molecule has 0 bridgehead atoms. The topological polar surface area (TPSA) is 21.1 Å². The van der Waals surface area contributed by atoms with Crippen LogP contribution in [0.4, 0.5) is 17.1 Å². The van der Waals surface area contributed by atoms with Crippen LogP contribution in [0.1, 0.15) is 12.7 Å². The van der Waals surface area contributed by atoms with Gasteiger partial charge in [-0.3, -0.25) is 4.57 Å². The van der Waals surface area contributed by atoms with Crippen LogP contribution in [0.25, 0.3) is 27.8 Å². The lowest BCUT2D eigenvalue weighted by Crippen LogP contribution is -2.74. The number of benzene rings is 7. The molecule has 9 rings (SSSR count). The van der Waals surface area contributed by atoms with E-state index in [1.54, 1.807) is 0 Å². The Kier molecular flexibility index (Phi) is 7.10. The smallest absolute Gasteiger partial charge is 0.179 e. The summed E-state index contributed by atoms with van der Waals surface area (Å²) in [7, 11) is -2.59. The number of anilines is 3. The first-order valence-electron chi connectivity index (χ1n) is 17.0. The lowest BCUT2D eigenvalue weighted by atomic mass is 10.0. The zero-order chi connectivity index (χ0) is 32.8. The van der Waals surface area contributed by atoms with Gasteiger partial charge < -0.3 is 4.90 Å². The Bertz CT molecular complexity index is 2310. The van der Waals surface area contributed by atoms with Crippen LogP contribution in [-0.2, 0) is 6.42 Å². The average molecular weight is 646 g/mol. The SMILES string of the molecule is CCc1nc2cccc3c2n1-c1ccc(-c2ccc([Si](c4ccccc4)(c4ccccc4)c4ccccc4)cc2)cc1N3c1ccccc1. The van der Waals surface area contributed by atoms with Crippen molar-refractivity contribution in [1.29, 1.82) is 0 Å². The highest BCUT2D eigenvalue weighted by Gasteiger charge is 2.41. The maximum atomic E-state index is 5.06. The normalized spacial score (nSPS) is 12.2. The van der Waals surface area contributed by atoms with Crippen molar-refractivity contribution in [3.05, 3.63) is 188 Å². The van der Waals surface area contributed by atoms with Crippen LogP contribution >= 0.6 is 0 Å². The number of hydrogen-bond acceptors (Lipinski definition) is 2. The highest BCUT2D eigenvalue weighted by molar-refractivity contribution is 7.19. The van der Waals surface area contributed by atoms with Crippen molar-refractivity contribution >= 4 is 56.9 Å². The molecular formula is C45H35N3Si. The largest absolute Gasteiger partial charge is 0.306 e. The Morgan fingerprint density at radius 2 is 1.00 bits per heavy atom. The third-order valence-corrected chi connectivity index (χ3v) is 14.8. The molecule has 0 atom stereocenters. The number of rotatable bonds is 7. The fourth-order valence-electron chi connectivity index (χ4n) is 7.87. The van der Waals surface area contributed by atoms with Crippen LogP contribution < -0.4 is 25.6 Å². The molecule has 0 saturated heterocycles. The number of aromatic nitrogens is 2. The lowest BCUT2D eigenvalue weighted by Gasteiger charge is -2.34. The Balaban J connectivity index is 1.22. The van der Waals surface area contributed by atoms with Gasteiger partial charge in [-0.2, -0.15) is 0 Å². The maximum Gasteiger partial charge on any atom is 0.179 e. The molecule has 1 aliphatic heterocycles. The highest BCUT2D eigenvalue weighted by Crippen LogP contribution is 2.48. The van der Waals surface area contributed by atoms with Crippen molar-refractivity contribution < 1.29 is 0 Å². The molecule has 1 aromatic heterocycles. The van der Waals surface area contributed by atoms with Crippen LogP contribution in [0.3, 0.4) is 0 Å². The van der Waals surface area contributed by atoms with Crippen molar-refractivity contribution in [3.63, 3.8) is 0 Å². The van der Waals surface area contributed by atoms with E-state index in [0.29, 0.717) is 0 Å². The van der Waals surface area contributed by atoms with E-state index in [2.05, 4.69) is 198 Å².